The van der Waals surface area contributed by atoms with Gasteiger partial charge in [0.05, 0.1) is 12.6 Å². The number of aromatic nitrogens is 1. The van der Waals surface area contributed by atoms with Gasteiger partial charge in [-0.05, 0) is 18.4 Å². The zero-order valence-corrected chi connectivity index (χ0v) is 14.7. The Morgan fingerprint density at radius 3 is 2.75 bits per heavy atom. The monoisotopic (exact) mass is 345 g/mol. The number of methoxy groups -OCH3 is 1. The Hall–Kier alpha value is -1.76. The molecular weight excluding hydrogens is 322 g/mol. The van der Waals surface area contributed by atoms with Gasteiger partial charge < -0.3 is 10.1 Å². The lowest BCUT2D eigenvalue weighted by Crippen LogP contribution is -2.43. The molecule has 0 aliphatic carbocycles. The molecular formula is C18H23N3O2S. The quantitative estimate of drug-likeness (QED) is 0.874. The summed E-state index contributed by atoms with van der Waals surface area (Å²) in [5.41, 5.74) is 1.05. The molecule has 6 heteroatoms. The number of ether oxygens (including phenoxy) is 1. The number of amides is 1. The largest absolute Gasteiger partial charge is 0.381 e. The summed E-state index contributed by atoms with van der Waals surface area (Å²) in [6.07, 6.45) is 4.07. The Bertz CT molecular complexity index is 625. The molecule has 0 radical (unpaired) electrons. The molecule has 2 heterocycles. The number of piperidine rings is 1. The van der Waals surface area contributed by atoms with Crippen LogP contribution in [0.3, 0.4) is 0 Å². The van der Waals surface area contributed by atoms with Crippen molar-refractivity contribution in [1.29, 1.82) is 0 Å². The van der Waals surface area contributed by atoms with Crippen LogP contribution in [0.2, 0.25) is 0 Å². The summed E-state index contributed by atoms with van der Waals surface area (Å²) in [7, 11) is 1.76. The van der Waals surface area contributed by atoms with E-state index >= 15 is 0 Å². The molecule has 1 atom stereocenters. The van der Waals surface area contributed by atoms with E-state index in [1.54, 1.807) is 24.6 Å². The zero-order valence-electron chi connectivity index (χ0n) is 13.9. The highest BCUT2D eigenvalue weighted by Gasteiger charge is 2.23. The van der Waals surface area contributed by atoms with E-state index < -0.39 is 0 Å². The van der Waals surface area contributed by atoms with Gasteiger partial charge >= 0.3 is 0 Å². The minimum Gasteiger partial charge on any atom is -0.381 e. The van der Waals surface area contributed by atoms with E-state index in [4.69, 9.17) is 4.74 Å². The number of hydrogen-bond acceptors (Lipinski definition) is 5. The summed E-state index contributed by atoms with van der Waals surface area (Å²) in [4.78, 5) is 19.1. The molecule has 128 valence electrons. The van der Waals surface area contributed by atoms with Crippen LogP contribution >= 0.6 is 11.3 Å². The van der Waals surface area contributed by atoms with Gasteiger partial charge in [0.1, 0.15) is 11.0 Å². The van der Waals surface area contributed by atoms with E-state index in [2.05, 4.69) is 15.2 Å². The Morgan fingerprint density at radius 2 is 2.12 bits per heavy atom. The van der Waals surface area contributed by atoms with Crippen LogP contribution in [-0.2, 0) is 9.53 Å². The Kier molecular flexibility index (Phi) is 5.96. The highest BCUT2D eigenvalue weighted by molar-refractivity contribution is 7.09. The van der Waals surface area contributed by atoms with Gasteiger partial charge in [-0.2, -0.15) is 0 Å². The first kappa shape index (κ1) is 17.1. The summed E-state index contributed by atoms with van der Waals surface area (Å²) in [5.74, 6) is 0.0370. The Balaban J connectivity index is 1.62. The third-order valence-electron chi connectivity index (χ3n) is 4.37. The van der Waals surface area contributed by atoms with Crippen LogP contribution in [0.5, 0.6) is 0 Å². The molecule has 5 nitrogen and oxygen atoms in total. The van der Waals surface area contributed by atoms with Gasteiger partial charge in [-0.3, -0.25) is 9.69 Å². The van der Waals surface area contributed by atoms with Crippen molar-refractivity contribution in [2.45, 2.75) is 25.0 Å². The number of benzene rings is 1. The SMILES string of the molecule is COC1CCN(CC(=O)N[C@H](c2ccccc2)c2nccs2)CC1. The van der Waals surface area contributed by atoms with E-state index in [-0.39, 0.29) is 11.9 Å². The van der Waals surface area contributed by atoms with E-state index in [9.17, 15) is 4.79 Å². The fraction of sp³-hybridized carbons (Fsp3) is 0.444. The lowest BCUT2D eigenvalue weighted by atomic mass is 10.1. The van der Waals surface area contributed by atoms with Gasteiger partial charge in [0.15, 0.2) is 0 Å². The maximum Gasteiger partial charge on any atom is 0.235 e. The van der Waals surface area contributed by atoms with Crippen molar-refractivity contribution in [3.63, 3.8) is 0 Å². The molecule has 1 saturated heterocycles. The van der Waals surface area contributed by atoms with Crippen LogP contribution in [0.15, 0.2) is 41.9 Å². The second-order valence-corrected chi connectivity index (χ2v) is 6.92. The summed E-state index contributed by atoms with van der Waals surface area (Å²) < 4.78 is 5.38. The third-order valence-corrected chi connectivity index (χ3v) is 5.21. The van der Waals surface area contributed by atoms with Gasteiger partial charge in [0.2, 0.25) is 5.91 Å². The van der Waals surface area contributed by atoms with E-state index in [0.29, 0.717) is 12.6 Å². The Labute approximate surface area is 146 Å². The number of nitrogens with one attached hydrogen (secondary N) is 1. The zero-order chi connectivity index (χ0) is 16.8. The van der Waals surface area contributed by atoms with Crippen molar-refractivity contribution in [3.05, 3.63) is 52.5 Å². The number of likely N-dealkylation sites (tertiary alicyclic amines) is 1. The molecule has 24 heavy (non-hydrogen) atoms. The highest BCUT2D eigenvalue weighted by Crippen LogP contribution is 2.23. The average molecular weight is 345 g/mol. The van der Waals surface area contributed by atoms with E-state index in [0.717, 1.165) is 36.5 Å². The molecule has 1 amide bonds. The van der Waals surface area contributed by atoms with Gasteiger partial charge in [-0.1, -0.05) is 30.3 Å². The van der Waals surface area contributed by atoms with Crippen molar-refractivity contribution in [3.8, 4) is 0 Å². The Morgan fingerprint density at radius 1 is 1.38 bits per heavy atom. The molecule has 1 fully saturated rings. The highest BCUT2D eigenvalue weighted by atomic mass is 32.1. The van der Waals surface area contributed by atoms with Crippen LogP contribution in [0.1, 0.15) is 29.5 Å². The summed E-state index contributed by atoms with van der Waals surface area (Å²) >= 11 is 1.56. The van der Waals surface area contributed by atoms with Gasteiger partial charge in [0, 0.05) is 31.8 Å². The number of carbonyl (C=O) groups excluding carboxylic acids is 1. The molecule has 1 aliphatic heterocycles. The number of carbonyl (C=O) groups is 1. The molecule has 2 aromatic rings. The summed E-state index contributed by atoms with van der Waals surface area (Å²) in [6.45, 7) is 2.23. The van der Waals surface area contributed by atoms with Crippen molar-refractivity contribution in [2.24, 2.45) is 0 Å². The molecule has 0 spiro atoms. The molecule has 1 aromatic heterocycles. The molecule has 0 bridgehead atoms. The maximum absolute atomic E-state index is 12.5. The van der Waals surface area contributed by atoms with Crippen molar-refractivity contribution in [1.82, 2.24) is 15.2 Å². The van der Waals surface area contributed by atoms with Crippen molar-refractivity contribution >= 4 is 17.2 Å². The number of nitrogens with zero attached hydrogens (tertiary/aromatic N) is 2. The lowest BCUT2D eigenvalue weighted by molar-refractivity contribution is -0.123. The molecule has 0 unspecified atom stereocenters. The van der Waals surface area contributed by atoms with Crippen LogP contribution in [0, 0.1) is 0 Å². The predicted molar refractivity (Wildman–Crippen MR) is 95.0 cm³/mol. The number of rotatable bonds is 6. The second kappa shape index (κ2) is 8.37. The molecule has 3 rings (SSSR count). The molecule has 0 saturated carbocycles. The minimum absolute atomic E-state index is 0.0370. The first-order valence-electron chi connectivity index (χ1n) is 8.25. The van der Waals surface area contributed by atoms with Crippen LogP contribution < -0.4 is 5.32 Å². The van der Waals surface area contributed by atoms with Crippen LogP contribution in [-0.4, -0.2) is 48.6 Å². The summed E-state index contributed by atoms with van der Waals surface area (Å²) in [6, 6.07) is 9.81. The first-order valence-corrected chi connectivity index (χ1v) is 9.13. The van der Waals surface area contributed by atoms with Crippen LogP contribution in [0.25, 0.3) is 0 Å². The van der Waals surface area contributed by atoms with Crippen molar-refractivity contribution < 1.29 is 9.53 Å². The second-order valence-electron chi connectivity index (χ2n) is 5.99. The van der Waals surface area contributed by atoms with Gasteiger partial charge in [-0.15, -0.1) is 11.3 Å². The predicted octanol–water partition coefficient (Wildman–Crippen LogP) is 2.46. The standard InChI is InChI=1S/C18H23N3O2S/c1-23-15-7-10-21(11-8-15)13-16(22)20-17(18-19-9-12-24-18)14-5-3-2-4-6-14/h2-6,9,12,15,17H,7-8,10-11,13H2,1H3,(H,20,22)/t17-/m1/s1. The molecule has 1 aliphatic rings. The van der Waals surface area contributed by atoms with Gasteiger partial charge in [0.25, 0.3) is 0 Å². The molecule has 1 aromatic carbocycles. The average Bonchev–Trinajstić information content (AvgIpc) is 3.15. The maximum atomic E-state index is 12.5. The van der Waals surface area contributed by atoms with E-state index in [1.165, 1.54) is 0 Å². The van der Waals surface area contributed by atoms with Crippen molar-refractivity contribution in [2.75, 3.05) is 26.7 Å². The molecule has 1 N–H and O–H groups in total. The smallest absolute Gasteiger partial charge is 0.235 e. The first-order chi connectivity index (χ1) is 11.8. The fourth-order valence-electron chi connectivity index (χ4n) is 3.02. The fourth-order valence-corrected chi connectivity index (χ4v) is 3.74. The topological polar surface area (TPSA) is 54.5 Å². The third kappa shape index (κ3) is 4.41. The lowest BCUT2D eigenvalue weighted by Gasteiger charge is -2.31. The number of thiazole rings is 1. The van der Waals surface area contributed by atoms with Gasteiger partial charge in [-0.25, -0.2) is 4.98 Å². The number of hydrogen-bond donors (Lipinski definition) is 1. The summed E-state index contributed by atoms with van der Waals surface area (Å²) in [5, 5.41) is 5.99. The normalized spacial score (nSPS) is 17.5. The van der Waals surface area contributed by atoms with Crippen LogP contribution in [0.4, 0.5) is 0 Å². The minimum atomic E-state index is -0.185. The van der Waals surface area contributed by atoms with E-state index in [1.807, 2.05) is 35.7 Å².